The molecule has 0 saturated carbocycles. The molecule has 0 aliphatic rings. The molecule has 0 spiro atoms. The summed E-state index contributed by atoms with van der Waals surface area (Å²) in [5, 5.41) is 31.3. The molecule has 0 aliphatic carbocycles. The molecule has 4 aromatic rings. The van der Waals surface area contributed by atoms with Crippen molar-refractivity contribution in [1.29, 1.82) is 0 Å². The SMILES string of the molecule is O=S(=O)(O)c1ccccc1N=Nc1c(S(=O)(=O)O)cc2c(S(=O)(=O)O)ccc(Nc3nc(Cl)nc(NCCO)n3)c2c1O. The highest BCUT2D eigenvalue weighted by molar-refractivity contribution is 7.86. The van der Waals surface area contributed by atoms with Crippen molar-refractivity contribution in [2.75, 3.05) is 23.8 Å². The van der Waals surface area contributed by atoms with Gasteiger partial charge in [-0.15, -0.1) is 10.2 Å². The topological polar surface area (TPSA) is 291 Å². The number of anilines is 3. The number of phenolic OH excluding ortho intramolecular Hbond substituents is 1. The second-order valence-electron chi connectivity index (χ2n) is 8.23. The Morgan fingerprint density at radius 2 is 1.42 bits per heavy atom. The van der Waals surface area contributed by atoms with Gasteiger partial charge in [0.1, 0.15) is 26.1 Å². The van der Waals surface area contributed by atoms with Gasteiger partial charge in [0, 0.05) is 11.9 Å². The van der Waals surface area contributed by atoms with Crippen LogP contribution in [0.4, 0.5) is 29.0 Å². The van der Waals surface area contributed by atoms with Gasteiger partial charge in [0.25, 0.3) is 30.4 Å². The van der Waals surface area contributed by atoms with Crippen molar-refractivity contribution in [3.8, 4) is 5.75 Å². The lowest BCUT2D eigenvalue weighted by atomic mass is 10.1. The summed E-state index contributed by atoms with van der Waals surface area (Å²) in [6.45, 7) is -0.260. The number of hydrogen-bond donors (Lipinski definition) is 7. The van der Waals surface area contributed by atoms with E-state index in [0.717, 1.165) is 24.3 Å². The van der Waals surface area contributed by atoms with E-state index in [4.69, 9.17) is 16.7 Å². The normalized spacial score (nSPS) is 12.6. The van der Waals surface area contributed by atoms with E-state index in [-0.39, 0.29) is 36.0 Å². The number of aliphatic hydroxyl groups excluding tert-OH is 1. The Hall–Kier alpha value is -4.09. The molecule has 22 heteroatoms. The highest BCUT2D eigenvalue weighted by Crippen LogP contribution is 2.46. The molecule has 4 rings (SSSR count). The number of rotatable bonds is 10. The first-order valence-electron chi connectivity index (χ1n) is 11.3. The van der Waals surface area contributed by atoms with E-state index in [1.807, 2.05) is 0 Å². The van der Waals surface area contributed by atoms with Gasteiger partial charge < -0.3 is 20.8 Å². The average molecular weight is 676 g/mol. The Morgan fingerprint density at radius 3 is 2.05 bits per heavy atom. The second kappa shape index (κ2) is 11.9. The van der Waals surface area contributed by atoms with Gasteiger partial charge in [0.2, 0.25) is 17.2 Å². The fourth-order valence-corrected chi connectivity index (χ4v) is 5.80. The maximum absolute atomic E-state index is 12.3. The Labute approximate surface area is 247 Å². The summed E-state index contributed by atoms with van der Waals surface area (Å²) < 4.78 is 101. The molecule has 3 aromatic carbocycles. The van der Waals surface area contributed by atoms with Gasteiger partial charge in [-0.1, -0.05) is 12.1 Å². The van der Waals surface area contributed by atoms with Crippen molar-refractivity contribution in [2.45, 2.75) is 14.7 Å². The zero-order valence-electron chi connectivity index (χ0n) is 21.0. The summed E-state index contributed by atoms with van der Waals surface area (Å²) in [6, 6.07) is 7.01. The van der Waals surface area contributed by atoms with Gasteiger partial charge in [-0.3, -0.25) is 13.7 Å². The van der Waals surface area contributed by atoms with Crippen LogP contribution in [0.15, 0.2) is 67.4 Å². The molecule has 1 heterocycles. The smallest absolute Gasteiger partial charge is 0.296 e. The van der Waals surface area contributed by atoms with Gasteiger partial charge in [0.15, 0.2) is 5.75 Å². The minimum Gasteiger partial charge on any atom is -0.505 e. The quantitative estimate of drug-likeness (QED) is 0.0938. The van der Waals surface area contributed by atoms with Crippen molar-refractivity contribution in [3.05, 3.63) is 47.7 Å². The van der Waals surface area contributed by atoms with Crippen molar-refractivity contribution in [3.63, 3.8) is 0 Å². The zero-order valence-corrected chi connectivity index (χ0v) is 24.2. The third-order valence-electron chi connectivity index (χ3n) is 5.38. The average Bonchev–Trinajstić information content (AvgIpc) is 2.89. The second-order valence-corrected chi connectivity index (χ2v) is 12.7. The molecule has 0 amide bonds. The molecule has 0 atom stereocenters. The number of hydrogen-bond acceptors (Lipinski definition) is 15. The van der Waals surface area contributed by atoms with E-state index in [0.29, 0.717) is 6.07 Å². The largest absolute Gasteiger partial charge is 0.505 e. The van der Waals surface area contributed by atoms with Crippen LogP contribution < -0.4 is 10.6 Å². The first kappa shape index (κ1) is 31.8. The number of nitrogens with one attached hydrogen (secondary N) is 2. The molecule has 0 fully saturated rings. The predicted molar refractivity (Wildman–Crippen MR) is 149 cm³/mol. The van der Waals surface area contributed by atoms with Gasteiger partial charge in [-0.05, 0) is 41.9 Å². The number of nitrogens with zero attached hydrogens (tertiary/aromatic N) is 5. The third-order valence-corrected chi connectivity index (χ3v) is 8.23. The molecule has 0 bridgehead atoms. The molecular formula is C21H18ClN7O11S3. The monoisotopic (exact) mass is 675 g/mol. The van der Waals surface area contributed by atoms with Gasteiger partial charge >= 0.3 is 0 Å². The molecule has 0 radical (unpaired) electrons. The van der Waals surface area contributed by atoms with Gasteiger partial charge in [-0.2, -0.15) is 40.2 Å². The summed E-state index contributed by atoms with van der Waals surface area (Å²) in [5.41, 5.74) is -1.71. The lowest BCUT2D eigenvalue weighted by molar-refractivity contribution is 0.310. The van der Waals surface area contributed by atoms with E-state index in [2.05, 4.69) is 35.8 Å². The van der Waals surface area contributed by atoms with Crippen LogP contribution in [0.2, 0.25) is 5.28 Å². The van der Waals surface area contributed by atoms with E-state index in [9.17, 15) is 44.0 Å². The van der Waals surface area contributed by atoms with Crippen molar-refractivity contribution < 1.29 is 49.1 Å². The number of aromatic hydroxyl groups is 1. The Kier molecular flexibility index (Phi) is 8.80. The molecule has 0 aliphatic heterocycles. The number of fused-ring (bicyclic) bond motifs is 1. The van der Waals surface area contributed by atoms with Crippen LogP contribution in [0.5, 0.6) is 5.75 Å². The number of halogens is 1. The van der Waals surface area contributed by atoms with Crippen LogP contribution in [0.25, 0.3) is 10.8 Å². The summed E-state index contributed by atoms with van der Waals surface area (Å²) in [7, 11) is -15.2. The van der Waals surface area contributed by atoms with Crippen LogP contribution in [-0.4, -0.2) is 77.2 Å². The van der Waals surface area contributed by atoms with E-state index in [1.54, 1.807) is 0 Å². The molecule has 0 saturated heterocycles. The standard InChI is InChI=1S/C21H18ClN7O11S3/c22-19-25-20(23-7-8-30)27-21(26-19)24-12-5-6-13(41(32,33)34)10-9-15(43(38,39)40)17(18(31)16(10)12)29-28-11-3-1-2-4-14(11)42(35,36)37/h1-6,9,30-31H,7-8H2,(H,32,33,34)(H,35,36,37)(H,38,39,40)(H2,23,24,25,26,27). The number of aliphatic hydroxyl groups is 1. The van der Waals surface area contributed by atoms with Crippen molar-refractivity contribution >= 4 is 81.7 Å². The minimum atomic E-state index is -5.30. The van der Waals surface area contributed by atoms with E-state index < -0.39 is 72.9 Å². The fraction of sp³-hybridized carbons (Fsp3) is 0.0952. The molecule has 228 valence electrons. The zero-order chi connectivity index (χ0) is 31.7. The number of phenols is 1. The highest BCUT2D eigenvalue weighted by atomic mass is 35.5. The van der Waals surface area contributed by atoms with Crippen molar-refractivity contribution in [2.24, 2.45) is 10.2 Å². The fourth-order valence-electron chi connectivity index (χ4n) is 3.69. The maximum Gasteiger partial charge on any atom is 0.296 e. The summed E-state index contributed by atoms with van der Waals surface area (Å²) in [6.07, 6.45) is 0. The third kappa shape index (κ3) is 7.11. The Balaban J connectivity index is 2.03. The van der Waals surface area contributed by atoms with Crippen LogP contribution in [-0.2, 0) is 30.4 Å². The van der Waals surface area contributed by atoms with Gasteiger partial charge in [0.05, 0.1) is 17.7 Å². The van der Waals surface area contributed by atoms with Crippen LogP contribution >= 0.6 is 11.6 Å². The summed E-state index contributed by atoms with van der Waals surface area (Å²) >= 11 is 5.92. The van der Waals surface area contributed by atoms with E-state index in [1.165, 1.54) is 12.1 Å². The lowest BCUT2D eigenvalue weighted by Crippen LogP contribution is -2.11. The van der Waals surface area contributed by atoms with Crippen LogP contribution in [0, 0.1) is 0 Å². The first-order valence-corrected chi connectivity index (χ1v) is 16.0. The highest BCUT2D eigenvalue weighted by Gasteiger charge is 2.28. The number of azo groups is 1. The lowest BCUT2D eigenvalue weighted by Gasteiger charge is -2.15. The minimum absolute atomic E-state index is 0.0278. The Bertz CT molecular complexity index is 2110. The molecule has 0 unspecified atom stereocenters. The first-order chi connectivity index (χ1) is 20.0. The molecule has 1 aromatic heterocycles. The van der Waals surface area contributed by atoms with E-state index >= 15 is 0 Å². The van der Waals surface area contributed by atoms with Crippen molar-refractivity contribution in [1.82, 2.24) is 15.0 Å². The molecular weight excluding hydrogens is 658 g/mol. The maximum atomic E-state index is 12.3. The van der Waals surface area contributed by atoms with Crippen LogP contribution in [0.1, 0.15) is 0 Å². The Morgan fingerprint density at radius 1 is 0.791 bits per heavy atom. The summed E-state index contributed by atoms with van der Waals surface area (Å²) in [5.74, 6) is -1.50. The molecule has 43 heavy (non-hydrogen) atoms. The van der Waals surface area contributed by atoms with Gasteiger partial charge in [-0.25, -0.2) is 0 Å². The van der Waals surface area contributed by atoms with Crippen LogP contribution in [0.3, 0.4) is 0 Å². The molecule has 18 nitrogen and oxygen atoms in total. The number of benzene rings is 3. The number of aromatic nitrogens is 3. The summed E-state index contributed by atoms with van der Waals surface area (Å²) in [4.78, 5) is 8.86. The predicted octanol–water partition coefficient (Wildman–Crippen LogP) is 2.69. The molecule has 7 N–H and O–H groups in total.